The summed E-state index contributed by atoms with van der Waals surface area (Å²) in [6.45, 7) is 11.1. The molecule has 28 heavy (non-hydrogen) atoms. The third kappa shape index (κ3) is 2.13. The minimum absolute atomic E-state index is 0.0704. The number of hydrogen-bond acceptors (Lipinski definition) is 3. The van der Waals surface area contributed by atoms with Crippen LogP contribution in [-0.4, -0.2) is 11.1 Å². The molecule has 3 heteroatoms. The molecule has 2 atom stereocenters. The molecule has 0 aliphatic carbocycles. The van der Waals surface area contributed by atoms with E-state index in [1.165, 1.54) is 22.5 Å². The average molecular weight is 367 g/mol. The van der Waals surface area contributed by atoms with Crippen molar-refractivity contribution >= 4 is 22.9 Å². The smallest absolute Gasteiger partial charge is 0.158 e. The second-order valence-electron chi connectivity index (χ2n) is 8.34. The van der Waals surface area contributed by atoms with Crippen LogP contribution in [0.3, 0.4) is 0 Å². The van der Waals surface area contributed by atoms with Crippen molar-refractivity contribution in [3.63, 3.8) is 0 Å². The van der Waals surface area contributed by atoms with Gasteiger partial charge >= 0.3 is 0 Å². The molecule has 2 aliphatic heterocycles. The summed E-state index contributed by atoms with van der Waals surface area (Å²) >= 11 is 0. The standard InChI is InChI=1S/C25H25N3/c1-5-19-18-12-7-9-14-21(18)28-23-22(15-10-16-26-23)27(24(28)25(19,3)4)20-13-8-6-11-17(20)2/h5-16,19,24H,1H2,2-4H3. The van der Waals surface area contributed by atoms with Crippen LogP contribution in [0.2, 0.25) is 0 Å². The minimum Gasteiger partial charge on any atom is -0.316 e. The SMILES string of the molecule is C=CC1c2ccccc2N2c3ncccc3N(c3ccccc3C)C2C1(C)C. The van der Waals surface area contributed by atoms with Crippen LogP contribution in [0, 0.1) is 12.3 Å². The van der Waals surface area contributed by atoms with Crippen molar-refractivity contribution in [2.75, 3.05) is 9.80 Å². The Morgan fingerprint density at radius 1 is 0.893 bits per heavy atom. The van der Waals surface area contributed by atoms with Gasteiger partial charge in [0.05, 0.1) is 5.69 Å². The summed E-state index contributed by atoms with van der Waals surface area (Å²) in [4.78, 5) is 9.73. The van der Waals surface area contributed by atoms with Gasteiger partial charge in [-0.3, -0.25) is 0 Å². The maximum absolute atomic E-state index is 4.82. The van der Waals surface area contributed by atoms with E-state index < -0.39 is 0 Å². The molecule has 2 aliphatic rings. The molecule has 0 fully saturated rings. The fourth-order valence-corrected chi connectivity index (χ4v) is 5.09. The highest BCUT2D eigenvalue weighted by atomic mass is 15.5. The largest absolute Gasteiger partial charge is 0.316 e. The van der Waals surface area contributed by atoms with E-state index >= 15 is 0 Å². The first-order chi connectivity index (χ1) is 13.6. The lowest BCUT2D eigenvalue weighted by Gasteiger charge is -2.51. The number of allylic oxidation sites excluding steroid dienone is 1. The topological polar surface area (TPSA) is 19.4 Å². The predicted octanol–water partition coefficient (Wildman–Crippen LogP) is 6.32. The number of fused-ring (bicyclic) bond motifs is 5. The van der Waals surface area contributed by atoms with Crippen LogP contribution in [0.15, 0.2) is 79.5 Å². The molecule has 0 spiro atoms. The molecule has 3 aromatic rings. The van der Waals surface area contributed by atoms with E-state index in [-0.39, 0.29) is 17.5 Å². The van der Waals surface area contributed by atoms with E-state index in [1.807, 2.05) is 12.3 Å². The van der Waals surface area contributed by atoms with E-state index in [1.54, 1.807) is 0 Å². The molecule has 0 saturated heterocycles. The van der Waals surface area contributed by atoms with Crippen LogP contribution < -0.4 is 9.80 Å². The highest BCUT2D eigenvalue weighted by molar-refractivity contribution is 5.89. The van der Waals surface area contributed by atoms with Gasteiger partial charge in [0.1, 0.15) is 6.17 Å². The van der Waals surface area contributed by atoms with Crippen LogP contribution in [0.5, 0.6) is 0 Å². The van der Waals surface area contributed by atoms with Crippen molar-refractivity contribution in [1.29, 1.82) is 0 Å². The Bertz CT molecular complexity index is 1070. The van der Waals surface area contributed by atoms with Gasteiger partial charge in [-0.15, -0.1) is 6.58 Å². The van der Waals surface area contributed by atoms with Gasteiger partial charge in [0, 0.05) is 28.9 Å². The Kier molecular flexibility index (Phi) is 3.63. The molecular weight excluding hydrogens is 342 g/mol. The summed E-state index contributed by atoms with van der Waals surface area (Å²) in [5.41, 5.74) is 6.15. The van der Waals surface area contributed by atoms with Crippen molar-refractivity contribution in [3.8, 4) is 0 Å². The molecule has 0 radical (unpaired) electrons. The molecule has 3 heterocycles. The minimum atomic E-state index is -0.0704. The zero-order valence-electron chi connectivity index (χ0n) is 16.6. The lowest BCUT2D eigenvalue weighted by molar-refractivity contribution is 0.248. The Labute approximate surface area is 167 Å². The van der Waals surface area contributed by atoms with Gasteiger partial charge in [0.15, 0.2) is 5.82 Å². The highest BCUT2D eigenvalue weighted by Gasteiger charge is 2.54. The van der Waals surface area contributed by atoms with Gasteiger partial charge in [-0.1, -0.05) is 56.3 Å². The van der Waals surface area contributed by atoms with Gasteiger partial charge in [-0.25, -0.2) is 4.98 Å². The maximum Gasteiger partial charge on any atom is 0.158 e. The lowest BCUT2D eigenvalue weighted by atomic mass is 9.68. The zero-order valence-corrected chi connectivity index (χ0v) is 16.6. The number of benzene rings is 2. The van der Waals surface area contributed by atoms with Crippen molar-refractivity contribution in [2.24, 2.45) is 5.41 Å². The number of hydrogen-bond donors (Lipinski definition) is 0. The third-order valence-corrected chi connectivity index (χ3v) is 6.35. The molecule has 2 aromatic carbocycles. The van der Waals surface area contributed by atoms with Gasteiger partial charge in [0.25, 0.3) is 0 Å². The Hall–Kier alpha value is -3.07. The number of anilines is 4. The van der Waals surface area contributed by atoms with Crippen LogP contribution >= 0.6 is 0 Å². The summed E-state index contributed by atoms with van der Waals surface area (Å²) in [5, 5.41) is 0. The van der Waals surface area contributed by atoms with Crippen molar-refractivity contribution in [1.82, 2.24) is 4.98 Å². The van der Waals surface area contributed by atoms with Gasteiger partial charge in [0.2, 0.25) is 0 Å². The van der Waals surface area contributed by atoms with E-state index in [2.05, 4.69) is 97.8 Å². The second-order valence-corrected chi connectivity index (χ2v) is 8.34. The Morgan fingerprint density at radius 2 is 1.57 bits per heavy atom. The molecule has 2 unspecified atom stereocenters. The Balaban J connectivity index is 1.84. The second kappa shape index (κ2) is 5.96. The van der Waals surface area contributed by atoms with Gasteiger partial charge in [-0.2, -0.15) is 0 Å². The van der Waals surface area contributed by atoms with Gasteiger partial charge < -0.3 is 9.80 Å². The average Bonchev–Trinajstić information content (AvgIpc) is 3.05. The number of rotatable bonds is 2. The summed E-state index contributed by atoms with van der Waals surface area (Å²) in [6, 6.07) is 21.5. The van der Waals surface area contributed by atoms with Crippen LogP contribution in [0.25, 0.3) is 0 Å². The fraction of sp³-hybridized carbons (Fsp3) is 0.240. The van der Waals surface area contributed by atoms with Crippen LogP contribution in [0.4, 0.5) is 22.9 Å². The molecule has 0 N–H and O–H groups in total. The van der Waals surface area contributed by atoms with Crippen LogP contribution in [-0.2, 0) is 0 Å². The molecule has 1 aromatic heterocycles. The molecular formula is C25H25N3. The number of nitrogens with zero attached hydrogens (tertiary/aromatic N) is 3. The first kappa shape index (κ1) is 17.1. The maximum atomic E-state index is 4.82. The van der Waals surface area contributed by atoms with Crippen LogP contribution in [0.1, 0.15) is 30.9 Å². The summed E-state index contributed by atoms with van der Waals surface area (Å²) in [7, 11) is 0. The molecule has 3 nitrogen and oxygen atoms in total. The number of para-hydroxylation sites is 2. The zero-order chi connectivity index (χ0) is 19.5. The van der Waals surface area contributed by atoms with E-state index in [0.29, 0.717) is 0 Å². The van der Waals surface area contributed by atoms with E-state index in [4.69, 9.17) is 4.98 Å². The third-order valence-electron chi connectivity index (χ3n) is 6.35. The van der Waals surface area contributed by atoms with Gasteiger partial charge in [-0.05, 0) is 42.3 Å². The van der Waals surface area contributed by atoms with Crippen molar-refractivity contribution in [2.45, 2.75) is 32.9 Å². The van der Waals surface area contributed by atoms with E-state index in [0.717, 1.165) is 11.5 Å². The summed E-state index contributed by atoms with van der Waals surface area (Å²) < 4.78 is 0. The van der Waals surface area contributed by atoms with Crippen molar-refractivity contribution < 1.29 is 0 Å². The first-order valence-electron chi connectivity index (χ1n) is 9.86. The first-order valence-corrected chi connectivity index (χ1v) is 9.86. The monoisotopic (exact) mass is 367 g/mol. The summed E-state index contributed by atoms with van der Waals surface area (Å²) in [6.07, 6.45) is 4.13. The number of pyridine rings is 1. The molecule has 5 rings (SSSR count). The molecule has 140 valence electrons. The number of aryl methyl sites for hydroxylation is 1. The van der Waals surface area contributed by atoms with E-state index in [9.17, 15) is 0 Å². The quantitative estimate of drug-likeness (QED) is 0.494. The lowest BCUT2D eigenvalue weighted by Crippen LogP contribution is -2.54. The Morgan fingerprint density at radius 3 is 2.32 bits per heavy atom. The van der Waals surface area contributed by atoms with Crippen molar-refractivity contribution in [3.05, 3.63) is 90.6 Å². The summed E-state index contributed by atoms with van der Waals surface area (Å²) in [5.74, 6) is 1.28. The fourth-order valence-electron chi connectivity index (χ4n) is 5.09. The predicted molar refractivity (Wildman–Crippen MR) is 117 cm³/mol. The highest BCUT2D eigenvalue weighted by Crippen LogP contribution is 2.59. The molecule has 0 saturated carbocycles. The number of aromatic nitrogens is 1. The normalized spacial score (nSPS) is 21.7. The molecule has 0 amide bonds. The molecule has 0 bridgehead atoms.